The number of halogens is 2. The van der Waals surface area contributed by atoms with Crippen molar-refractivity contribution in [3.63, 3.8) is 0 Å². The van der Waals surface area contributed by atoms with Crippen molar-refractivity contribution in [3.8, 4) is 28.9 Å². The van der Waals surface area contributed by atoms with E-state index in [4.69, 9.17) is 10.00 Å². The van der Waals surface area contributed by atoms with Crippen LogP contribution < -0.4 is 10.1 Å². The molecule has 2 heterocycles. The van der Waals surface area contributed by atoms with Gasteiger partial charge in [-0.05, 0) is 55.9 Å². The second kappa shape index (κ2) is 8.77. The third kappa shape index (κ3) is 3.81. The second-order valence-electron chi connectivity index (χ2n) is 7.44. The van der Waals surface area contributed by atoms with Gasteiger partial charge in [0.15, 0.2) is 5.69 Å². The number of likely N-dealkylation sites (N-methyl/N-ethyl adjacent to an activating group) is 1. The summed E-state index contributed by atoms with van der Waals surface area (Å²) in [7, 11) is 3.33. The Kier molecular flexibility index (Phi) is 5.88. The molecule has 0 spiro atoms. The molecule has 1 aliphatic rings. The highest BCUT2D eigenvalue weighted by atomic mass is 19.1. The highest BCUT2D eigenvalue weighted by molar-refractivity contribution is 5.93. The largest absolute Gasteiger partial charge is 0.497 e. The first-order valence-corrected chi connectivity index (χ1v) is 10.1. The number of imidazole rings is 1. The minimum absolute atomic E-state index is 0.0590. The molecule has 0 bridgehead atoms. The summed E-state index contributed by atoms with van der Waals surface area (Å²) in [5.74, 6) is -1.48. The van der Waals surface area contributed by atoms with Gasteiger partial charge in [-0.3, -0.25) is 9.36 Å². The molecule has 1 N–H and O–H groups in total. The number of ether oxygens (including phenoxy) is 1. The van der Waals surface area contributed by atoms with E-state index in [9.17, 15) is 9.18 Å². The van der Waals surface area contributed by atoms with Gasteiger partial charge in [-0.2, -0.15) is 9.65 Å². The fourth-order valence-electron chi connectivity index (χ4n) is 3.77. The molecule has 2 aromatic carbocycles. The molecular formula is C23H21F2N5O2. The first-order valence-electron chi connectivity index (χ1n) is 10.1. The van der Waals surface area contributed by atoms with Crippen molar-refractivity contribution >= 4 is 5.91 Å². The average molecular weight is 437 g/mol. The van der Waals surface area contributed by atoms with Crippen LogP contribution in [0.1, 0.15) is 22.5 Å². The molecule has 3 aromatic rings. The first kappa shape index (κ1) is 21.5. The van der Waals surface area contributed by atoms with Gasteiger partial charge in [-0.1, -0.05) is 0 Å². The molecule has 1 aromatic heterocycles. The highest BCUT2D eigenvalue weighted by Gasteiger charge is 2.32. The number of carbonyl (C=O) groups excluding carboxylic acids is 1. The van der Waals surface area contributed by atoms with Crippen molar-refractivity contribution in [2.75, 3.05) is 27.2 Å². The lowest BCUT2D eigenvalue weighted by Gasteiger charge is -2.15. The van der Waals surface area contributed by atoms with Gasteiger partial charge in [0.05, 0.1) is 18.4 Å². The van der Waals surface area contributed by atoms with Crippen molar-refractivity contribution in [1.29, 1.82) is 5.26 Å². The van der Waals surface area contributed by atoms with Crippen LogP contribution in [0.5, 0.6) is 5.75 Å². The Balaban J connectivity index is 1.83. The fraction of sp³-hybridized carbons (Fsp3) is 0.261. The molecule has 0 saturated carbocycles. The Labute approximate surface area is 183 Å². The van der Waals surface area contributed by atoms with Crippen LogP contribution in [0.3, 0.4) is 0 Å². The number of likely N-dealkylation sites (tertiary alicyclic amines) is 1. The number of nitriles is 1. The van der Waals surface area contributed by atoms with Crippen molar-refractivity contribution in [2.24, 2.45) is 0 Å². The highest BCUT2D eigenvalue weighted by Crippen LogP contribution is 2.29. The first-order chi connectivity index (χ1) is 15.5. The number of nitrogens with zero attached hydrogens (tertiary/aromatic N) is 4. The minimum Gasteiger partial charge on any atom is -0.497 e. The predicted molar refractivity (Wildman–Crippen MR) is 114 cm³/mol. The third-order valence-corrected chi connectivity index (χ3v) is 5.59. The molecule has 0 aliphatic carbocycles. The molecule has 9 heteroatoms. The topological polar surface area (TPSA) is 83.2 Å². The number of amides is 1. The van der Waals surface area contributed by atoms with E-state index in [-0.39, 0.29) is 28.7 Å². The Morgan fingerprint density at radius 2 is 2.00 bits per heavy atom. The van der Waals surface area contributed by atoms with E-state index in [1.54, 1.807) is 35.2 Å². The Bertz CT molecular complexity index is 1200. The van der Waals surface area contributed by atoms with Crippen LogP contribution in [0, 0.1) is 23.1 Å². The number of nitrogens with one attached hydrogen (secondary N) is 1. The normalized spacial score (nSPS) is 15.6. The van der Waals surface area contributed by atoms with E-state index < -0.39 is 17.7 Å². The summed E-state index contributed by atoms with van der Waals surface area (Å²) in [6.07, 6.45) is 0.761. The number of methoxy groups -OCH3 is 1. The third-order valence-electron chi connectivity index (χ3n) is 5.59. The lowest BCUT2D eigenvalue weighted by Crippen LogP contribution is -2.34. The number of carbonyl (C=O) groups is 1. The van der Waals surface area contributed by atoms with Crippen LogP contribution in [0.15, 0.2) is 42.5 Å². The summed E-state index contributed by atoms with van der Waals surface area (Å²) in [5.41, 5.74) is 0.162. The van der Waals surface area contributed by atoms with E-state index in [1.165, 1.54) is 23.8 Å². The molecule has 0 unspecified atom stereocenters. The van der Waals surface area contributed by atoms with Crippen LogP contribution >= 0.6 is 0 Å². The van der Waals surface area contributed by atoms with Crippen molar-refractivity contribution in [3.05, 3.63) is 65.5 Å². The Hall–Kier alpha value is -3.77. The zero-order valence-corrected chi connectivity index (χ0v) is 17.6. The Morgan fingerprint density at radius 1 is 1.25 bits per heavy atom. The summed E-state index contributed by atoms with van der Waals surface area (Å²) in [6, 6.07) is 12.3. The summed E-state index contributed by atoms with van der Waals surface area (Å²) in [4.78, 5) is 18.9. The number of rotatable bonds is 5. The molecule has 4 rings (SSSR count). The van der Waals surface area contributed by atoms with Gasteiger partial charge in [0.2, 0.25) is 5.95 Å². The second-order valence-corrected chi connectivity index (χ2v) is 7.44. The molecule has 32 heavy (non-hydrogen) atoms. The SMILES string of the molecule is CN[C@H]1CCN(C(=O)c2nc(-c3ccc(C#N)c(F)c3)n(-c3ccc(OC)cc3)c2F)C1. The molecule has 1 saturated heterocycles. The zero-order chi connectivity index (χ0) is 22.8. The van der Waals surface area contributed by atoms with Gasteiger partial charge in [0.1, 0.15) is 23.5 Å². The molecule has 7 nitrogen and oxygen atoms in total. The van der Waals surface area contributed by atoms with Gasteiger partial charge < -0.3 is 15.0 Å². The average Bonchev–Trinajstić information content (AvgIpc) is 3.43. The molecule has 1 aliphatic heterocycles. The molecular weight excluding hydrogens is 416 g/mol. The maximum absolute atomic E-state index is 15.6. The predicted octanol–water partition coefficient (Wildman–Crippen LogP) is 3.13. The maximum Gasteiger partial charge on any atom is 0.277 e. The van der Waals surface area contributed by atoms with Crippen molar-refractivity contribution < 1.29 is 18.3 Å². The smallest absolute Gasteiger partial charge is 0.277 e. The van der Waals surface area contributed by atoms with Gasteiger partial charge in [-0.15, -0.1) is 0 Å². The monoisotopic (exact) mass is 437 g/mol. The van der Waals surface area contributed by atoms with E-state index in [0.29, 0.717) is 24.5 Å². The number of aromatic nitrogens is 2. The Morgan fingerprint density at radius 3 is 2.59 bits per heavy atom. The van der Waals surface area contributed by atoms with Gasteiger partial charge >= 0.3 is 0 Å². The summed E-state index contributed by atoms with van der Waals surface area (Å²) in [6.45, 7) is 0.936. The summed E-state index contributed by atoms with van der Waals surface area (Å²) in [5, 5.41) is 12.1. The number of benzene rings is 2. The van der Waals surface area contributed by atoms with Crippen molar-refractivity contribution in [1.82, 2.24) is 19.8 Å². The van der Waals surface area contributed by atoms with Gasteiger partial charge in [0.25, 0.3) is 5.91 Å². The van der Waals surface area contributed by atoms with E-state index in [2.05, 4.69) is 10.3 Å². The lowest BCUT2D eigenvalue weighted by molar-refractivity contribution is 0.0779. The van der Waals surface area contributed by atoms with Crippen LogP contribution in [-0.2, 0) is 0 Å². The van der Waals surface area contributed by atoms with E-state index >= 15 is 4.39 Å². The summed E-state index contributed by atoms with van der Waals surface area (Å²) < 4.78 is 36.3. The molecule has 164 valence electrons. The van der Waals surface area contributed by atoms with Crippen molar-refractivity contribution in [2.45, 2.75) is 12.5 Å². The van der Waals surface area contributed by atoms with Crippen LogP contribution in [0.2, 0.25) is 0 Å². The zero-order valence-electron chi connectivity index (χ0n) is 17.6. The minimum atomic E-state index is -0.840. The van der Waals surface area contributed by atoms with Crippen LogP contribution in [0.4, 0.5) is 8.78 Å². The standard InChI is InChI=1S/C23H21F2N5O2/c1-27-16-9-10-29(13-16)23(31)20-21(25)30(17-5-7-18(32-2)8-6-17)22(28-20)14-3-4-15(12-26)19(24)11-14/h3-8,11,16,27H,9-10,13H2,1-2H3/t16-/m0/s1. The summed E-state index contributed by atoms with van der Waals surface area (Å²) >= 11 is 0. The maximum atomic E-state index is 15.6. The van der Waals surface area contributed by atoms with Gasteiger partial charge in [-0.25, -0.2) is 9.37 Å². The van der Waals surface area contributed by atoms with Crippen LogP contribution in [0.25, 0.3) is 17.1 Å². The molecule has 1 amide bonds. The van der Waals surface area contributed by atoms with Crippen LogP contribution in [-0.4, -0.2) is 53.6 Å². The number of hydrogen-bond donors (Lipinski definition) is 1. The lowest BCUT2D eigenvalue weighted by atomic mass is 10.1. The molecule has 1 atom stereocenters. The molecule has 0 radical (unpaired) electrons. The van der Waals surface area contributed by atoms with Gasteiger partial charge in [0, 0.05) is 24.7 Å². The van der Waals surface area contributed by atoms with E-state index in [0.717, 1.165) is 12.5 Å². The fourth-order valence-corrected chi connectivity index (χ4v) is 3.77. The van der Waals surface area contributed by atoms with E-state index in [1.807, 2.05) is 7.05 Å². The molecule has 1 fully saturated rings. The quantitative estimate of drug-likeness (QED) is 0.663. The number of hydrogen-bond acceptors (Lipinski definition) is 5.